The highest BCUT2D eigenvalue weighted by molar-refractivity contribution is 6.07. The van der Waals surface area contributed by atoms with Crippen molar-refractivity contribution in [3.8, 4) is 0 Å². The molecule has 6 heteroatoms. The van der Waals surface area contributed by atoms with E-state index in [0.29, 0.717) is 24.4 Å². The molecule has 0 unspecified atom stereocenters. The molecule has 0 saturated carbocycles. The van der Waals surface area contributed by atoms with E-state index in [2.05, 4.69) is 12.2 Å². The van der Waals surface area contributed by atoms with Crippen molar-refractivity contribution in [2.75, 3.05) is 6.54 Å². The minimum absolute atomic E-state index is 0.310. The molecule has 4 rings (SSSR count). The minimum atomic E-state index is -0.880. The van der Waals surface area contributed by atoms with Crippen LogP contribution in [0.3, 0.4) is 0 Å². The summed E-state index contributed by atoms with van der Waals surface area (Å²) in [5, 5.41) is 3.43. The molecule has 1 aromatic carbocycles. The molecular weight excluding hydrogens is 392 g/mol. The van der Waals surface area contributed by atoms with Crippen LogP contribution < -0.4 is 5.32 Å². The fourth-order valence-electron chi connectivity index (χ4n) is 4.11. The zero-order valence-corrected chi connectivity index (χ0v) is 18.0. The minimum Gasteiger partial charge on any atom is -0.465 e. The zero-order chi connectivity index (χ0) is 22.0. The molecule has 3 aromatic rings. The smallest absolute Gasteiger partial charge is 0.339 e. The lowest BCUT2D eigenvalue weighted by molar-refractivity contribution is -0.128. The Labute approximate surface area is 181 Å². The van der Waals surface area contributed by atoms with Crippen molar-refractivity contribution in [1.82, 2.24) is 10.3 Å². The first kappa shape index (κ1) is 20.8. The number of carbonyl (C=O) groups is 2. The van der Waals surface area contributed by atoms with Crippen molar-refractivity contribution >= 4 is 34.4 Å². The number of pyridine rings is 1. The molecule has 0 bridgehead atoms. The third kappa shape index (κ3) is 4.24. The standard InChI is InChI=1S/C25H26N2O4/c1-4-26-24(28)16(3)31-25(29)22-19-9-5-6-10-21(19)27-23-17(12-15(2)13-20(22)23)14-18-8-7-11-30-18/h5-11,14-16H,4,12-13H2,1-3H3,(H,26,28)/b17-14-/t15-,16-/m1/s1. The average molecular weight is 418 g/mol. The molecule has 0 spiro atoms. The molecule has 1 amide bonds. The number of aromatic nitrogens is 1. The van der Waals surface area contributed by atoms with Gasteiger partial charge in [0.25, 0.3) is 5.91 Å². The quantitative estimate of drug-likeness (QED) is 0.611. The predicted molar refractivity (Wildman–Crippen MR) is 119 cm³/mol. The van der Waals surface area contributed by atoms with Crippen molar-refractivity contribution in [2.24, 2.45) is 5.92 Å². The van der Waals surface area contributed by atoms with Crippen LogP contribution in [0.5, 0.6) is 0 Å². The first-order valence-corrected chi connectivity index (χ1v) is 10.6. The van der Waals surface area contributed by atoms with Crippen LogP contribution in [0.25, 0.3) is 22.6 Å². The topological polar surface area (TPSA) is 81.4 Å². The van der Waals surface area contributed by atoms with E-state index in [1.165, 1.54) is 0 Å². The molecule has 0 saturated heterocycles. The van der Waals surface area contributed by atoms with E-state index in [0.717, 1.165) is 39.9 Å². The Bertz CT molecular complexity index is 1150. The number of hydrogen-bond donors (Lipinski definition) is 1. The zero-order valence-electron chi connectivity index (χ0n) is 18.0. The molecule has 1 aliphatic rings. The number of hydrogen-bond acceptors (Lipinski definition) is 5. The second-order valence-corrected chi connectivity index (χ2v) is 7.97. The van der Waals surface area contributed by atoms with Gasteiger partial charge in [0.15, 0.2) is 6.10 Å². The van der Waals surface area contributed by atoms with E-state index in [4.69, 9.17) is 14.1 Å². The average Bonchev–Trinajstić information content (AvgIpc) is 3.25. The predicted octanol–water partition coefficient (Wildman–Crippen LogP) is 4.63. The Morgan fingerprint density at radius 2 is 2.06 bits per heavy atom. The molecule has 31 heavy (non-hydrogen) atoms. The van der Waals surface area contributed by atoms with Crippen LogP contribution in [-0.2, 0) is 16.0 Å². The molecule has 6 nitrogen and oxygen atoms in total. The molecule has 0 radical (unpaired) electrons. The maximum absolute atomic E-state index is 13.3. The maximum atomic E-state index is 13.3. The van der Waals surface area contributed by atoms with Gasteiger partial charge in [-0.15, -0.1) is 0 Å². The number of carbonyl (C=O) groups excluding carboxylic acids is 2. The van der Waals surface area contributed by atoms with Gasteiger partial charge in [0.2, 0.25) is 0 Å². The van der Waals surface area contributed by atoms with Gasteiger partial charge in [-0.1, -0.05) is 25.1 Å². The molecular formula is C25H26N2O4. The van der Waals surface area contributed by atoms with E-state index >= 15 is 0 Å². The van der Waals surface area contributed by atoms with Gasteiger partial charge >= 0.3 is 5.97 Å². The highest BCUT2D eigenvalue weighted by Crippen LogP contribution is 2.38. The maximum Gasteiger partial charge on any atom is 0.339 e. The summed E-state index contributed by atoms with van der Waals surface area (Å²) in [6.07, 6.45) is 4.29. The summed E-state index contributed by atoms with van der Waals surface area (Å²) in [4.78, 5) is 30.3. The number of likely N-dealkylation sites (N-methyl/N-ethyl adjacent to an activating group) is 1. The number of allylic oxidation sites excluding steroid dienone is 1. The van der Waals surface area contributed by atoms with Gasteiger partial charge in [0.05, 0.1) is 23.0 Å². The van der Waals surface area contributed by atoms with Crippen LogP contribution >= 0.6 is 0 Å². The van der Waals surface area contributed by atoms with Crippen LogP contribution in [0.4, 0.5) is 0 Å². The lowest BCUT2D eigenvalue weighted by atomic mass is 9.81. The lowest BCUT2D eigenvalue weighted by Crippen LogP contribution is -2.36. The number of fused-ring (bicyclic) bond motifs is 2. The molecule has 2 heterocycles. The summed E-state index contributed by atoms with van der Waals surface area (Å²) in [7, 11) is 0. The van der Waals surface area contributed by atoms with Gasteiger partial charge in [0, 0.05) is 11.9 Å². The molecule has 160 valence electrons. The summed E-state index contributed by atoms with van der Waals surface area (Å²) in [5.41, 5.74) is 3.90. The number of nitrogens with one attached hydrogen (secondary N) is 1. The number of ether oxygens (including phenoxy) is 1. The Kier molecular flexibility index (Phi) is 5.89. The van der Waals surface area contributed by atoms with Gasteiger partial charge < -0.3 is 14.5 Å². The molecule has 0 aliphatic heterocycles. The Morgan fingerprint density at radius 3 is 2.81 bits per heavy atom. The molecule has 1 N–H and O–H groups in total. The number of benzene rings is 1. The summed E-state index contributed by atoms with van der Waals surface area (Å²) < 4.78 is 11.1. The molecule has 2 aromatic heterocycles. The van der Waals surface area contributed by atoms with Crippen LogP contribution in [0.2, 0.25) is 0 Å². The van der Waals surface area contributed by atoms with Crippen molar-refractivity contribution < 1.29 is 18.7 Å². The Hall–Kier alpha value is -3.41. The van der Waals surface area contributed by atoms with Crippen LogP contribution in [0.15, 0.2) is 47.1 Å². The largest absolute Gasteiger partial charge is 0.465 e. The van der Waals surface area contributed by atoms with Crippen molar-refractivity contribution in [3.05, 3.63) is 65.2 Å². The van der Waals surface area contributed by atoms with Gasteiger partial charge in [-0.2, -0.15) is 0 Å². The summed E-state index contributed by atoms with van der Waals surface area (Å²) in [5.74, 6) is 0.262. The molecule has 0 fully saturated rings. The number of esters is 1. The SMILES string of the molecule is CCNC(=O)[C@@H](C)OC(=O)c1c2c(nc3ccccc13)/C(=C\c1ccco1)C[C@@H](C)C2. The highest BCUT2D eigenvalue weighted by Gasteiger charge is 2.30. The fourth-order valence-corrected chi connectivity index (χ4v) is 4.11. The van der Waals surface area contributed by atoms with Gasteiger partial charge in [-0.05, 0) is 68.0 Å². The van der Waals surface area contributed by atoms with Crippen LogP contribution in [0, 0.1) is 5.92 Å². The van der Waals surface area contributed by atoms with Crippen LogP contribution in [-0.4, -0.2) is 29.5 Å². The van der Waals surface area contributed by atoms with E-state index in [9.17, 15) is 9.59 Å². The summed E-state index contributed by atoms with van der Waals surface area (Å²) in [6.45, 7) is 6.05. The summed E-state index contributed by atoms with van der Waals surface area (Å²) >= 11 is 0. The fraction of sp³-hybridized carbons (Fsp3) is 0.320. The first-order chi connectivity index (χ1) is 15.0. The summed E-state index contributed by atoms with van der Waals surface area (Å²) in [6, 6.07) is 11.3. The Morgan fingerprint density at radius 1 is 1.26 bits per heavy atom. The number of nitrogens with zero attached hydrogens (tertiary/aromatic N) is 1. The molecule has 1 aliphatic carbocycles. The second kappa shape index (κ2) is 8.76. The van der Waals surface area contributed by atoms with Crippen molar-refractivity contribution in [3.63, 3.8) is 0 Å². The second-order valence-electron chi connectivity index (χ2n) is 7.97. The monoisotopic (exact) mass is 418 g/mol. The van der Waals surface area contributed by atoms with Gasteiger partial charge in [0.1, 0.15) is 5.76 Å². The normalized spacial score (nSPS) is 17.9. The van der Waals surface area contributed by atoms with E-state index in [1.54, 1.807) is 13.2 Å². The highest BCUT2D eigenvalue weighted by atomic mass is 16.5. The number of amides is 1. The Balaban J connectivity index is 1.84. The van der Waals surface area contributed by atoms with Gasteiger partial charge in [-0.3, -0.25) is 4.79 Å². The third-order valence-electron chi connectivity index (χ3n) is 5.49. The van der Waals surface area contributed by atoms with E-state index in [1.807, 2.05) is 49.4 Å². The first-order valence-electron chi connectivity index (χ1n) is 10.6. The lowest BCUT2D eigenvalue weighted by Gasteiger charge is -2.26. The van der Waals surface area contributed by atoms with Crippen LogP contribution in [0.1, 0.15) is 54.6 Å². The number of furan rings is 1. The van der Waals surface area contributed by atoms with E-state index in [-0.39, 0.29) is 5.91 Å². The van der Waals surface area contributed by atoms with Gasteiger partial charge in [-0.25, -0.2) is 9.78 Å². The number of para-hydroxylation sites is 1. The van der Waals surface area contributed by atoms with Crippen molar-refractivity contribution in [1.29, 1.82) is 0 Å². The van der Waals surface area contributed by atoms with Crippen molar-refractivity contribution in [2.45, 2.75) is 39.7 Å². The molecule has 2 atom stereocenters. The number of rotatable bonds is 5. The third-order valence-corrected chi connectivity index (χ3v) is 5.49. The van der Waals surface area contributed by atoms with E-state index < -0.39 is 12.1 Å².